The summed E-state index contributed by atoms with van der Waals surface area (Å²) in [5.74, 6) is -1.00. The van der Waals surface area contributed by atoms with Gasteiger partial charge in [-0.25, -0.2) is 14.8 Å². The van der Waals surface area contributed by atoms with Gasteiger partial charge in [-0.2, -0.15) is 0 Å². The predicted molar refractivity (Wildman–Crippen MR) is 106 cm³/mol. The van der Waals surface area contributed by atoms with Crippen LogP contribution in [0.3, 0.4) is 0 Å². The maximum Gasteiger partial charge on any atom is 0.335 e. The zero-order valence-electron chi connectivity index (χ0n) is 14.3. The largest absolute Gasteiger partial charge is 0.478 e. The third kappa shape index (κ3) is 3.16. The highest BCUT2D eigenvalue weighted by Gasteiger charge is 2.14. The fourth-order valence-corrected chi connectivity index (χ4v) is 2.87. The highest BCUT2D eigenvalue weighted by Crippen LogP contribution is 2.32. The van der Waals surface area contributed by atoms with Crippen molar-refractivity contribution in [2.75, 3.05) is 11.5 Å². The number of nitrogen functional groups attached to an aromatic ring is 2. The smallest absolute Gasteiger partial charge is 0.335 e. The number of rotatable bonds is 3. The minimum atomic E-state index is -1.00. The first-order valence-electron chi connectivity index (χ1n) is 8.28. The lowest BCUT2D eigenvalue weighted by atomic mass is 10.0. The molecule has 4 aromatic rings. The van der Waals surface area contributed by atoms with Crippen molar-refractivity contribution >= 4 is 28.4 Å². The molecule has 1 aromatic heterocycles. The zero-order valence-corrected chi connectivity index (χ0v) is 14.3. The lowest BCUT2D eigenvalue weighted by Crippen LogP contribution is -1.99. The average molecular weight is 356 g/mol. The van der Waals surface area contributed by atoms with Gasteiger partial charge in [0.2, 0.25) is 0 Å². The van der Waals surface area contributed by atoms with Crippen LogP contribution in [0.4, 0.5) is 11.4 Å². The molecule has 6 nitrogen and oxygen atoms in total. The summed E-state index contributed by atoms with van der Waals surface area (Å²) < 4.78 is 0. The number of carboxylic acid groups (broad SMARTS) is 1. The van der Waals surface area contributed by atoms with Crippen LogP contribution in [-0.4, -0.2) is 21.0 Å². The Kier molecular flexibility index (Phi) is 3.93. The lowest BCUT2D eigenvalue weighted by Gasteiger charge is -2.11. The first kappa shape index (κ1) is 16.5. The molecule has 0 amide bonds. The Labute approximate surface area is 155 Å². The molecule has 0 bridgehead atoms. The van der Waals surface area contributed by atoms with Gasteiger partial charge >= 0.3 is 5.97 Å². The van der Waals surface area contributed by atoms with Crippen molar-refractivity contribution in [2.45, 2.75) is 0 Å². The maximum absolute atomic E-state index is 11.3. The highest BCUT2D eigenvalue weighted by atomic mass is 16.4. The summed E-state index contributed by atoms with van der Waals surface area (Å²) in [5, 5.41) is 9.25. The summed E-state index contributed by atoms with van der Waals surface area (Å²) in [5.41, 5.74) is 17.3. The number of nitrogens with two attached hydrogens (primary N) is 2. The van der Waals surface area contributed by atoms with E-state index in [4.69, 9.17) is 21.4 Å². The molecule has 0 aliphatic heterocycles. The first-order valence-corrected chi connectivity index (χ1v) is 8.28. The molecule has 0 saturated heterocycles. The Bertz CT molecular complexity index is 1150. The standard InChI is InChI=1S/C21H16N4O2/c22-15-6-1-12(2-7-15)19-20(13-3-8-16(23)9-4-13)25-18-11-14(21(26)27)5-10-17(18)24-19/h1-11H,22-23H2,(H,26,27). The molecule has 4 rings (SSSR count). The quantitative estimate of drug-likeness (QED) is 0.481. The van der Waals surface area contributed by atoms with E-state index in [1.807, 2.05) is 36.4 Å². The van der Waals surface area contributed by atoms with E-state index in [1.165, 1.54) is 12.1 Å². The molecular formula is C21H16N4O2. The van der Waals surface area contributed by atoms with E-state index < -0.39 is 5.97 Å². The summed E-state index contributed by atoms with van der Waals surface area (Å²) in [6.07, 6.45) is 0. The van der Waals surface area contributed by atoms with Crippen molar-refractivity contribution in [1.29, 1.82) is 0 Å². The van der Waals surface area contributed by atoms with Gasteiger partial charge in [-0.15, -0.1) is 0 Å². The van der Waals surface area contributed by atoms with Crippen molar-refractivity contribution < 1.29 is 9.90 Å². The van der Waals surface area contributed by atoms with E-state index in [1.54, 1.807) is 18.2 Å². The Morgan fingerprint density at radius 3 is 1.67 bits per heavy atom. The minimum Gasteiger partial charge on any atom is -0.478 e. The molecule has 0 fully saturated rings. The van der Waals surface area contributed by atoms with Gasteiger partial charge in [0.1, 0.15) is 0 Å². The Balaban J connectivity index is 2.00. The van der Waals surface area contributed by atoms with E-state index in [0.717, 1.165) is 11.1 Å². The molecule has 0 unspecified atom stereocenters. The number of benzene rings is 3. The van der Waals surface area contributed by atoms with Crippen molar-refractivity contribution in [3.05, 3.63) is 72.3 Å². The maximum atomic E-state index is 11.3. The van der Waals surface area contributed by atoms with Crippen LogP contribution >= 0.6 is 0 Å². The van der Waals surface area contributed by atoms with Crippen LogP contribution in [0.1, 0.15) is 10.4 Å². The summed E-state index contributed by atoms with van der Waals surface area (Å²) in [6, 6.07) is 19.4. The molecule has 132 valence electrons. The van der Waals surface area contributed by atoms with Crippen LogP contribution in [0, 0.1) is 0 Å². The van der Waals surface area contributed by atoms with Gasteiger partial charge in [0, 0.05) is 22.5 Å². The zero-order chi connectivity index (χ0) is 19.0. The Morgan fingerprint density at radius 1 is 0.704 bits per heavy atom. The van der Waals surface area contributed by atoms with Crippen molar-refractivity contribution in [1.82, 2.24) is 9.97 Å². The van der Waals surface area contributed by atoms with Gasteiger partial charge < -0.3 is 16.6 Å². The fourth-order valence-electron chi connectivity index (χ4n) is 2.87. The number of anilines is 2. The van der Waals surface area contributed by atoms with Crippen molar-refractivity contribution in [3.63, 3.8) is 0 Å². The number of hydrogen-bond acceptors (Lipinski definition) is 5. The van der Waals surface area contributed by atoms with Crippen LogP contribution in [-0.2, 0) is 0 Å². The fraction of sp³-hybridized carbons (Fsp3) is 0. The molecule has 0 atom stereocenters. The van der Waals surface area contributed by atoms with Crippen LogP contribution < -0.4 is 11.5 Å². The normalized spacial score (nSPS) is 10.8. The van der Waals surface area contributed by atoms with Gasteiger partial charge in [0.25, 0.3) is 0 Å². The van der Waals surface area contributed by atoms with E-state index in [9.17, 15) is 9.90 Å². The van der Waals surface area contributed by atoms with Crippen LogP contribution in [0.15, 0.2) is 66.7 Å². The number of fused-ring (bicyclic) bond motifs is 1. The highest BCUT2D eigenvalue weighted by molar-refractivity contribution is 5.94. The third-order valence-electron chi connectivity index (χ3n) is 4.28. The van der Waals surface area contributed by atoms with Gasteiger partial charge in [-0.1, -0.05) is 24.3 Å². The Hall–Kier alpha value is -3.93. The predicted octanol–water partition coefficient (Wildman–Crippen LogP) is 3.83. The van der Waals surface area contributed by atoms with E-state index in [2.05, 4.69) is 0 Å². The topological polar surface area (TPSA) is 115 Å². The van der Waals surface area contributed by atoms with Gasteiger partial charge in [0.15, 0.2) is 0 Å². The second-order valence-electron chi connectivity index (χ2n) is 6.17. The van der Waals surface area contributed by atoms with Crippen LogP contribution in [0.25, 0.3) is 33.5 Å². The molecule has 0 spiro atoms. The van der Waals surface area contributed by atoms with Crippen molar-refractivity contribution in [2.24, 2.45) is 0 Å². The first-order chi connectivity index (χ1) is 13.0. The second-order valence-corrected chi connectivity index (χ2v) is 6.17. The summed E-state index contributed by atoms with van der Waals surface area (Å²) in [4.78, 5) is 20.7. The number of carboxylic acids is 1. The molecule has 5 N–H and O–H groups in total. The van der Waals surface area contributed by atoms with E-state index in [0.29, 0.717) is 33.8 Å². The van der Waals surface area contributed by atoms with Crippen LogP contribution in [0.2, 0.25) is 0 Å². The second kappa shape index (κ2) is 6.42. The van der Waals surface area contributed by atoms with E-state index in [-0.39, 0.29) is 5.56 Å². The van der Waals surface area contributed by atoms with Gasteiger partial charge in [0.05, 0.1) is 28.0 Å². The van der Waals surface area contributed by atoms with Gasteiger partial charge in [-0.05, 0) is 42.5 Å². The lowest BCUT2D eigenvalue weighted by molar-refractivity contribution is 0.0697. The molecule has 27 heavy (non-hydrogen) atoms. The summed E-state index contributed by atoms with van der Waals surface area (Å²) in [7, 11) is 0. The number of hydrogen-bond donors (Lipinski definition) is 3. The summed E-state index contributed by atoms with van der Waals surface area (Å²) >= 11 is 0. The van der Waals surface area contributed by atoms with Gasteiger partial charge in [-0.3, -0.25) is 0 Å². The number of aromatic nitrogens is 2. The Morgan fingerprint density at radius 2 is 1.19 bits per heavy atom. The SMILES string of the molecule is Nc1ccc(-c2nc3ccc(C(=O)O)cc3nc2-c2ccc(N)cc2)cc1. The van der Waals surface area contributed by atoms with Crippen molar-refractivity contribution in [3.8, 4) is 22.5 Å². The number of aromatic carboxylic acids is 1. The average Bonchev–Trinajstić information content (AvgIpc) is 2.68. The number of nitrogens with zero attached hydrogens (tertiary/aromatic N) is 2. The molecule has 0 radical (unpaired) electrons. The third-order valence-corrected chi connectivity index (χ3v) is 4.28. The molecule has 3 aromatic carbocycles. The van der Waals surface area contributed by atoms with E-state index >= 15 is 0 Å². The molecule has 0 aliphatic carbocycles. The summed E-state index contributed by atoms with van der Waals surface area (Å²) in [6.45, 7) is 0. The molecular weight excluding hydrogens is 340 g/mol. The monoisotopic (exact) mass is 356 g/mol. The van der Waals surface area contributed by atoms with Crippen LogP contribution in [0.5, 0.6) is 0 Å². The molecule has 0 aliphatic rings. The molecule has 1 heterocycles. The molecule has 0 saturated carbocycles. The molecule has 6 heteroatoms. The minimum absolute atomic E-state index is 0.167. The number of carbonyl (C=O) groups is 1.